The first-order valence-corrected chi connectivity index (χ1v) is 6.36. The number of thiophene rings is 1. The van der Waals surface area contributed by atoms with Crippen LogP contribution in [0.25, 0.3) is 0 Å². The van der Waals surface area contributed by atoms with E-state index in [9.17, 15) is 8.78 Å². The minimum atomic E-state index is -2.80. The predicted molar refractivity (Wildman–Crippen MR) is 68.0 cm³/mol. The lowest BCUT2D eigenvalue weighted by Gasteiger charge is -2.12. The lowest BCUT2D eigenvalue weighted by atomic mass is 10.0. The van der Waals surface area contributed by atoms with Crippen molar-refractivity contribution >= 4 is 11.3 Å². The summed E-state index contributed by atoms with van der Waals surface area (Å²) >= 11 is 1.65. The van der Waals surface area contributed by atoms with Crippen molar-refractivity contribution in [3.63, 3.8) is 0 Å². The summed E-state index contributed by atoms with van der Waals surface area (Å²) < 4.78 is 28.3. The van der Waals surface area contributed by atoms with Gasteiger partial charge in [-0.25, -0.2) is 0 Å². The Morgan fingerprint density at radius 1 is 1.17 bits per heavy atom. The second-order valence-electron chi connectivity index (χ2n) is 3.84. The van der Waals surface area contributed by atoms with Gasteiger partial charge in [0.25, 0.3) is 0 Å². The van der Waals surface area contributed by atoms with Crippen molar-refractivity contribution in [3.8, 4) is 5.75 Å². The largest absolute Gasteiger partial charge is 0.435 e. The number of benzene rings is 1. The van der Waals surface area contributed by atoms with Crippen LogP contribution in [0.5, 0.6) is 5.75 Å². The lowest BCUT2D eigenvalue weighted by Crippen LogP contribution is -2.12. The smallest absolute Gasteiger partial charge is 0.387 e. The average Bonchev–Trinajstić information content (AvgIpc) is 2.82. The van der Waals surface area contributed by atoms with Crippen LogP contribution in [-0.2, 0) is 6.42 Å². The van der Waals surface area contributed by atoms with Crippen LogP contribution in [0.15, 0.2) is 41.8 Å². The summed E-state index contributed by atoms with van der Waals surface area (Å²) in [4.78, 5) is 1.20. The Hall–Kier alpha value is -1.46. The van der Waals surface area contributed by atoms with Crippen molar-refractivity contribution in [2.24, 2.45) is 5.73 Å². The molecule has 0 aliphatic rings. The van der Waals surface area contributed by atoms with Gasteiger partial charge in [-0.05, 0) is 29.1 Å². The number of rotatable bonds is 5. The highest BCUT2D eigenvalue weighted by Crippen LogP contribution is 2.22. The molecule has 1 aromatic carbocycles. The second-order valence-corrected chi connectivity index (χ2v) is 4.87. The van der Waals surface area contributed by atoms with E-state index >= 15 is 0 Å². The Kier molecular flexibility index (Phi) is 4.28. The van der Waals surface area contributed by atoms with Gasteiger partial charge in [0.2, 0.25) is 0 Å². The topological polar surface area (TPSA) is 35.2 Å². The molecule has 2 N–H and O–H groups in total. The first-order valence-electron chi connectivity index (χ1n) is 5.48. The Morgan fingerprint density at radius 3 is 2.44 bits per heavy atom. The zero-order valence-corrected chi connectivity index (χ0v) is 10.4. The SMILES string of the molecule is NC(Cc1cccs1)c1ccc(OC(F)F)cc1. The van der Waals surface area contributed by atoms with Crippen LogP contribution < -0.4 is 10.5 Å². The Bertz CT molecular complexity index is 470. The minimum Gasteiger partial charge on any atom is -0.435 e. The van der Waals surface area contributed by atoms with Gasteiger partial charge in [-0.15, -0.1) is 11.3 Å². The maximum atomic E-state index is 12.0. The van der Waals surface area contributed by atoms with Crippen molar-refractivity contribution in [2.45, 2.75) is 19.1 Å². The molecule has 1 heterocycles. The minimum absolute atomic E-state index is 0.135. The van der Waals surface area contributed by atoms with Gasteiger partial charge in [0.05, 0.1) is 0 Å². The monoisotopic (exact) mass is 269 g/mol. The van der Waals surface area contributed by atoms with Crippen LogP contribution in [0, 0.1) is 0 Å². The number of nitrogens with two attached hydrogens (primary N) is 1. The maximum absolute atomic E-state index is 12.0. The number of ether oxygens (including phenoxy) is 1. The van der Waals surface area contributed by atoms with E-state index < -0.39 is 6.61 Å². The molecule has 0 aliphatic carbocycles. The molecule has 1 atom stereocenters. The molecule has 5 heteroatoms. The highest BCUT2D eigenvalue weighted by molar-refractivity contribution is 7.09. The van der Waals surface area contributed by atoms with Crippen LogP contribution in [0.2, 0.25) is 0 Å². The first kappa shape index (κ1) is 13.0. The average molecular weight is 269 g/mol. The van der Waals surface area contributed by atoms with E-state index in [2.05, 4.69) is 4.74 Å². The molecule has 0 amide bonds. The second kappa shape index (κ2) is 5.93. The molecule has 0 saturated carbocycles. The third-order valence-corrected chi connectivity index (χ3v) is 3.43. The zero-order valence-electron chi connectivity index (χ0n) is 9.55. The van der Waals surface area contributed by atoms with E-state index in [0.717, 1.165) is 12.0 Å². The third kappa shape index (κ3) is 3.51. The third-order valence-electron chi connectivity index (χ3n) is 2.53. The fourth-order valence-corrected chi connectivity index (χ4v) is 2.42. The fourth-order valence-electron chi connectivity index (χ4n) is 1.66. The summed E-state index contributed by atoms with van der Waals surface area (Å²) in [7, 11) is 0. The number of halogens is 2. The highest BCUT2D eigenvalue weighted by Gasteiger charge is 2.09. The van der Waals surface area contributed by atoms with Gasteiger partial charge in [-0.1, -0.05) is 18.2 Å². The summed E-state index contributed by atoms with van der Waals surface area (Å²) in [5.74, 6) is 0.150. The van der Waals surface area contributed by atoms with E-state index in [1.165, 1.54) is 17.0 Å². The molecular weight excluding hydrogens is 256 g/mol. The lowest BCUT2D eigenvalue weighted by molar-refractivity contribution is -0.0498. The molecule has 1 unspecified atom stereocenters. The van der Waals surface area contributed by atoms with Gasteiger partial charge in [-0.2, -0.15) is 8.78 Å². The van der Waals surface area contributed by atoms with Crippen LogP contribution in [-0.4, -0.2) is 6.61 Å². The number of hydrogen-bond acceptors (Lipinski definition) is 3. The van der Waals surface area contributed by atoms with Crippen LogP contribution in [0.3, 0.4) is 0 Å². The molecule has 0 saturated heterocycles. The standard InChI is InChI=1S/C13H13F2NOS/c14-13(15)17-10-5-3-9(4-6-10)12(16)8-11-2-1-7-18-11/h1-7,12-13H,8,16H2. The van der Waals surface area contributed by atoms with Gasteiger partial charge in [0, 0.05) is 17.3 Å². The maximum Gasteiger partial charge on any atom is 0.387 e. The van der Waals surface area contributed by atoms with Crippen molar-refractivity contribution < 1.29 is 13.5 Å². The van der Waals surface area contributed by atoms with Gasteiger partial charge in [0.15, 0.2) is 0 Å². The molecule has 18 heavy (non-hydrogen) atoms. The van der Waals surface area contributed by atoms with Gasteiger partial charge < -0.3 is 10.5 Å². The van der Waals surface area contributed by atoms with E-state index in [0.29, 0.717) is 0 Å². The van der Waals surface area contributed by atoms with E-state index in [-0.39, 0.29) is 11.8 Å². The van der Waals surface area contributed by atoms with Gasteiger partial charge in [-0.3, -0.25) is 0 Å². The molecule has 0 fully saturated rings. The molecule has 2 aromatic rings. The molecule has 1 aromatic heterocycles. The Balaban J connectivity index is 2.00. The fraction of sp³-hybridized carbons (Fsp3) is 0.231. The zero-order chi connectivity index (χ0) is 13.0. The van der Waals surface area contributed by atoms with Gasteiger partial charge in [0.1, 0.15) is 5.75 Å². The molecule has 2 nitrogen and oxygen atoms in total. The number of hydrogen-bond donors (Lipinski definition) is 1. The summed E-state index contributed by atoms with van der Waals surface area (Å²) in [6, 6.07) is 10.3. The van der Waals surface area contributed by atoms with Crippen molar-refractivity contribution in [3.05, 3.63) is 52.2 Å². The van der Waals surface area contributed by atoms with Crippen molar-refractivity contribution in [1.82, 2.24) is 0 Å². The van der Waals surface area contributed by atoms with E-state index in [1.54, 1.807) is 23.5 Å². The highest BCUT2D eigenvalue weighted by atomic mass is 32.1. The summed E-state index contributed by atoms with van der Waals surface area (Å²) in [5.41, 5.74) is 6.96. The molecular formula is C13H13F2NOS. The first-order chi connectivity index (χ1) is 8.65. The van der Waals surface area contributed by atoms with Crippen molar-refractivity contribution in [2.75, 3.05) is 0 Å². The predicted octanol–water partition coefficient (Wildman–Crippen LogP) is 3.59. The van der Waals surface area contributed by atoms with Crippen LogP contribution in [0.1, 0.15) is 16.5 Å². The molecule has 0 aliphatic heterocycles. The molecule has 96 valence electrons. The molecule has 0 radical (unpaired) electrons. The molecule has 0 bridgehead atoms. The van der Waals surface area contributed by atoms with Gasteiger partial charge >= 0.3 is 6.61 Å². The normalized spacial score (nSPS) is 12.7. The quantitative estimate of drug-likeness (QED) is 0.900. The molecule has 2 rings (SSSR count). The molecule has 0 spiro atoms. The van der Waals surface area contributed by atoms with E-state index in [4.69, 9.17) is 5.73 Å². The Morgan fingerprint density at radius 2 is 1.89 bits per heavy atom. The van der Waals surface area contributed by atoms with Crippen molar-refractivity contribution in [1.29, 1.82) is 0 Å². The summed E-state index contributed by atoms with van der Waals surface area (Å²) in [6.45, 7) is -2.80. The van der Waals surface area contributed by atoms with Crippen LogP contribution in [0.4, 0.5) is 8.78 Å². The summed E-state index contributed by atoms with van der Waals surface area (Å²) in [6.07, 6.45) is 0.743. The van der Waals surface area contributed by atoms with E-state index in [1.807, 2.05) is 17.5 Å². The van der Waals surface area contributed by atoms with Crippen LogP contribution >= 0.6 is 11.3 Å². The Labute approximate surface area is 108 Å². The summed E-state index contributed by atoms with van der Waals surface area (Å²) in [5, 5.41) is 2.00. The number of alkyl halides is 2.